The second kappa shape index (κ2) is 1.88. The van der Waals surface area contributed by atoms with Gasteiger partial charge in [-0.15, -0.1) is 0 Å². The van der Waals surface area contributed by atoms with Gasteiger partial charge >= 0.3 is 0 Å². The van der Waals surface area contributed by atoms with E-state index in [0.717, 1.165) is 11.8 Å². The number of rotatable bonds is 1. The highest BCUT2D eigenvalue weighted by Gasteiger charge is 2.60. The van der Waals surface area contributed by atoms with E-state index in [1.54, 1.807) is 0 Å². The molecule has 4 fully saturated rings. The third-order valence-electron chi connectivity index (χ3n) is 4.21. The highest BCUT2D eigenvalue weighted by molar-refractivity contribution is 5.07. The van der Waals surface area contributed by atoms with Crippen LogP contribution in [0.2, 0.25) is 0 Å². The Kier molecular flexibility index (Phi) is 0.999. The largest absolute Gasteiger partial charge is 0.369 e. The molecular formula is C10H14O2. The van der Waals surface area contributed by atoms with Gasteiger partial charge in [-0.05, 0) is 37.5 Å². The van der Waals surface area contributed by atoms with Crippen molar-refractivity contribution in [3.8, 4) is 0 Å². The molecule has 0 N–H and O–H groups in total. The fraction of sp³-hybridized carbons (Fsp3) is 1.00. The van der Waals surface area contributed by atoms with E-state index in [1.807, 2.05) is 0 Å². The van der Waals surface area contributed by atoms with Crippen LogP contribution in [-0.4, -0.2) is 24.4 Å². The molecule has 12 heavy (non-hydrogen) atoms. The van der Waals surface area contributed by atoms with Crippen molar-refractivity contribution >= 4 is 0 Å². The van der Waals surface area contributed by atoms with Crippen LogP contribution in [0.5, 0.6) is 0 Å². The zero-order valence-electron chi connectivity index (χ0n) is 7.11. The minimum Gasteiger partial charge on any atom is -0.369 e. The lowest BCUT2D eigenvalue weighted by Gasteiger charge is -2.18. The van der Waals surface area contributed by atoms with Crippen molar-refractivity contribution < 1.29 is 9.47 Å². The van der Waals surface area contributed by atoms with Crippen molar-refractivity contribution in [1.29, 1.82) is 0 Å². The maximum Gasteiger partial charge on any atom is 0.0873 e. The molecule has 2 nitrogen and oxygen atoms in total. The van der Waals surface area contributed by atoms with E-state index in [4.69, 9.17) is 9.47 Å². The molecule has 66 valence electrons. The fourth-order valence-corrected chi connectivity index (χ4v) is 3.49. The van der Waals surface area contributed by atoms with Gasteiger partial charge in [-0.2, -0.15) is 0 Å². The van der Waals surface area contributed by atoms with Crippen molar-refractivity contribution in [2.45, 2.75) is 50.1 Å². The number of ether oxygens (including phenoxy) is 2. The number of epoxide rings is 2. The lowest BCUT2D eigenvalue weighted by molar-refractivity contribution is 0.161. The van der Waals surface area contributed by atoms with E-state index in [-0.39, 0.29) is 0 Å². The number of hydrogen-bond acceptors (Lipinski definition) is 2. The summed E-state index contributed by atoms with van der Waals surface area (Å²) >= 11 is 0. The van der Waals surface area contributed by atoms with Crippen LogP contribution in [-0.2, 0) is 9.47 Å². The van der Waals surface area contributed by atoms with E-state index < -0.39 is 0 Å². The van der Waals surface area contributed by atoms with E-state index in [1.165, 1.54) is 25.7 Å². The normalized spacial score (nSPS) is 66.0. The van der Waals surface area contributed by atoms with Gasteiger partial charge in [0.25, 0.3) is 0 Å². The highest BCUT2D eigenvalue weighted by Crippen LogP contribution is 2.55. The first-order chi connectivity index (χ1) is 5.93. The Hall–Kier alpha value is -0.0800. The molecule has 0 aromatic rings. The molecule has 4 aliphatic rings. The van der Waals surface area contributed by atoms with E-state index in [9.17, 15) is 0 Å². The molecule has 0 radical (unpaired) electrons. The molecule has 2 saturated heterocycles. The summed E-state index contributed by atoms with van der Waals surface area (Å²) in [4.78, 5) is 0. The average Bonchev–Trinajstić information content (AvgIpc) is 2.95. The Labute approximate surface area is 72.2 Å². The van der Waals surface area contributed by atoms with Crippen molar-refractivity contribution in [2.24, 2.45) is 11.8 Å². The predicted molar refractivity (Wildman–Crippen MR) is 42.8 cm³/mol. The molecular weight excluding hydrogens is 152 g/mol. The molecule has 2 aliphatic carbocycles. The van der Waals surface area contributed by atoms with Crippen LogP contribution >= 0.6 is 0 Å². The first kappa shape index (κ1) is 6.39. The van der Waals surface area contributed by atoms with Crippen molar-refractivity contribution in [1.82, 2.24) is 0 Å². The maximum absolute atomic E-state index is 5.59. The van der Waals surface area contributed by atoms with Gasteiger partial charge in [0, 0.05) is 0 Å². The smallest absolute Gasteiger partial charge is 0.0873 e. The third kappa shape index (κ3) is 0.686. The summed E-state index contributed by atoms with van der Waals surface area (Å²) < 4.78 is 11.2. The van der Waals surface area contributed by atoms with E-state index in [0.29, 0.717) is 24.4 Å². The molecule has 2 heteroatoms. The monoisotopic (exact) mass is 166 g/mol. The Balaban J connectivity index is 1.56. The highest BCUT2D eigenvalue weighted by atomic mass is 16.6. The molecule has 6 atom stereocenters. The standard InChI is InChI=1S/C10H14O2/c1-3-7-9(11-7)5(1)6-2-4-8-10(6)12-8/h5-10H,1-4H2. The maximum atomic E-state index is 5.59. The Morgan fingerprint density at radius 2 is 1.17 bits per heavy atom. The second-order valence-electron chi connectivity index (χ2n) is 4.76. The Bertz CT molecular complexity index is 204. The molecule has 2 aliphatic heterocycles. The molecule has 0 bridgehead atoms. The number of hydrogen-bond donors (Lipinski definition) is 0. The first-order valence-electron chi connectivity index (χ1n) is 5.24. The predicted octanol–water partition coefficient (Wildman–Crippen LogP) is 1.34. The van der Waals surface area contributed by atoms with Crippen LogP contribution < -0.4 is 0 Å². The summed E-state index contributed by atoms with van der Waals surface area (Å²) in [6, 6.07) is 0. The molecule has 2 heterocycles. The van der Waals surface area contributed by atoms with Gasteiger partial charge in [0.05, 0.1) is 24.4 Å². The molecule has 0 spiro atoms. The lowest BCUT2D eigenvalue weighted by atomic mass is 9.88. The van der Waals surface area contributed by atoms with E-state index in [2.05, 4.69) is 0 Å². The van der Waals surface area contributed by atoms with Gasteiger partial charge in [-0.1, -0.05) is 0 Å². The van der Waals surface area contributed by atoms with Gasteiger partial charge in [-0.25, -0.2) is 0 Å². The Morgan fingerprint density at radius 1 is 0.667 bits per heavy atom. The van der Waals surface area contributed by atoms with Crippen LogP contribution in [0.25, 0.3) is 0 Å². The summed E-state index contributed by atoms with van der Waals surface area (Å²) in [5, 5.41) is 0. The minimum atomic E-state index is 0.651. The molecule has 0 amide bonds. The second-order valence-corrected chi connectivity index (χ2v) is 4.76. The molecule has 0 aromatic heterocycles. The van der Waals surface area contributed by atoms with Crippen LogP contribution in [0.1, 0.15) is 25.7 Å². The van der Waals surface area contributed by atoms with E-state index >= 15 is 0 Å². The SMILES string of the molecule is C1CC(C2CCC3OC32)C2OC12. The molecule has 6 unspecified atom stereocenters. The third-order valence-corrected chi connectivity index (χ3v) is 4.21. The van der Waals surface area contributed by atoms with Crippen LogP contribution in [0, 0.1) is 11.8 Å². The zero-order valence-corrected chi connectivity index (χ0v) is 7.11. The van der Waals surface area contributed by atoms with Gasteiger partial charge < -0.3 is 9.47 Å². The topological polar surface area (TPSA) is 25.1 Å². The summed E-state index contributed by atoms with van der Waals surface area (Å²) in [6.07, 6.45) is 8.09. The van der Waals surface area contributed by atoms with Crippen molar-refractivity contribution in [3.63, 3.8) is 0 Å². The lowest BCUT2D eigenvalue weighted by Crippen LogP contribution is -2.20. The summed E-state index contributed by atoms with van der Waals surface area (Å²) in [6.45, 7) is 0. The summed E-state index contributed by atoms with van der Waals surface area (Å²) in [5.41, 5.74) is 0. The Morgan fingerprint density at radius 3 is 1.42 bits per heavy atom. The van der Waals surface area contributed by atoms with Gasteiger partial charge in [-0.3, -0.25) is 0 Å². The minimum absolute atomic E-state index is 0.651. The molecule has 0 aromatic carbocycles. The van der Waals surface area contributed by atoms with Crippen LogP contribution in [0.4, 0.5) is 0 Å². The summed E-state index contributed by atoms with van der Waals surface area (Å²) in [7, 11) is 0. The first-order valence-corrected chi connectivity index (χ1v) is 5.24. The fourth-order valence-electron chi connectivity index (χ4n) is 3.49. The van der Waals surface area contributed by atoms with Gasteiger partial charge in [0.1, 0.15) is 0 Å². The van der Waals surface area contributed by atoms with Crippen molar-refractivity contribution in [3.05, 3.63) is 0 Å². The van der Waals surface area contributed by atoms with Gasteiger partial charge in [0.2, 0.25) is 0 Å². The van der Waals surface area contributed by atoms with Gasteiger partial charge in [0.15, 0.2) is 0 Å². The average molecular weight is 166 g/mol. The van der Waals surface area contributed by atoms with Crippen LogP contribution in [0.15, 0.2) is 0 Å². The quantitative estimate of drug-likeness (QED) is 0.549. The zero-order chi connectivity index (χ0) is 7.71. The summed E-state index contributed by atoms with van der Waals surface area (Å²) in [5.74, 6) is 1.74. The molecule has 4 rings (SSSR count). The van der Waals surface area contributed by atoms with Crippen LogP contribution in [0.3, 0.4) is 0 Å². The van der Waals surface area contributed by atoms with Crippen molar-refractivity contribution in [2.75, 3.05) is 0 Å². The number of fused-ring (bicyclic) bond motifs is 2. The molecule has 2 saturated carbocycles.